The van der Waals surface area contributed by atoms with Crippen LogP contribution in [0.5, 0.6) is 0 Å². The summed E-state index contributed by atoms with van der Waals surface area (Å²) < 4.78 is 5.72. The molecule has 1 fully saturated rings. The van der Waals surface area contributed by atoms with E-state index < -0.39 is 0 Å². The topological polar surface area (TPSA) is 29.5 Å². The van der Waals surface area contributed by atoms with Gasteiger partial charge in [-0.25, -0.2) is 0 Å². The number of piperidine rings is 1. The third-order valence-corrected chi connectivity index (χ3v) is 4.81. The Morgan fingerprint density at radius 3 is 2.59 bits per heavy atom. The van der Waals surface area contributed by atoms with Gasteiger partial charge in [0.2, 0.25) is 0 Å². The standard InChI is InChI=1S/C19H27NO2/c1-6-15-7-9-16(10-8-15)12-18(21)22-17-11-14(2)20(5)19(3,4)13-17/h6-10,14,17H,1,11-13H2,2-5H3. The molecule has 2 unspecified atom stereocenters. The summed E-state index contributed by atoms with van der Waals surface area (Å²) in [6.07, 6.45) is 3.93. The molecule has 1 aliphatic rings. The molecule has 0 aromatic heterocycles. The van der Waals surface area contributed by atoms with Gasteiger partial charge >= 0.3 is 5.97 Å². The van der Waals surface area contributed by atoms with Gasteiger partial charge in [0.25, 0.3) is 0 Å². The lowest BCUT2D eigenvalue weighted by molar-refractivity contribution is -0.154. The van der Waals surface area contributed by atoms with E-state index >= 15 is 0 Å². The molecule has 2 atom stereocenters. The number of ether oxygens (including phenoxy) is 1. The van der Waals surface area contributed by atoms with E-state index in [1.807, 2.05) is 24.3 Å². The first-order chi connectivity index (χ1) is 10.3. The monoisotopic (exact) mass is 301 g/mol. The first-order valence-corrected chi connectivity index (χ1v) is 7.95. The molecule has 1 saturated heterocycles. The smallest absolute Gasteiger partial charge is 0.310 e. The molecule has 3 heteroatoms. The molecule has 1 heterocycles. The van der Waals surface area contributed by atoms with Crippen LogP contribution in [0.3, 0.4) is 0 Å². The van der Waals surface area contributed by atoms with Crippen LogP contribution < -0.4 is 0 Å². The van der Waals surface area contributed by atoms with E-state index in [9.17, 15) is 4.79 Å². The number of carbonyl (C=O) groups is 1. The van der Waals surface area contributed by atoms with Crippen molar-refractivity contribution < 1.29 is 9.53 Å². The van der Waals surface area contributed by atoms with Crippen molar-refractivity contribution in [1.29, 1.82) is 0 Å². The molecular weight excluding hydrogens is 274 g/mol. The highest BCUT2D eigenvalue weighted by atomic mass is 16.5. The van der Waals surface area contributed by atoms with Crippen molar-refractivity contribution in [2.24, 2.45) is 0 Å². The van der Waals surface area contributed by atoms with E-state index in [2.05, 4.69) is 39.3 Å². The van der Waals surface area contributed by atoms with Gasteiger partial charge in [0.1, 0.15) is 6.10 Å². The Morgan fingerprint density at radius 1 is 1.41 bits per heavy atom. The minimum atomic E-state index is -0.135. The van der Waals surface area contributed by atoms with E-state index in [0.29, 0.717) is 12.5 Å². The number of benzene rings is 1. The second-order valence-electron chi connectivity index (χ2n) is 6.95. The zero-order valence-corrected chi connectivity index (χ0v) is 14.1. The molecule has 120 valence electrons. The number of rotatable bonds is 4. The first-order valence-electron chi connectivity index (χ1n) is 7.95. The highest BCUT2D eigenvalue weighted by Gasteiger charge is 2.38. The molecule has 0 bridgehead atoms. The Balaban J connectivity index is 1.92. The van der Waals surface area contributed by atoms with Crippen molar-refractivity contribution in [3.63, 3.8) is 0 Å². The average Bonchev–Trinajstić information content (AvgIpc) is 2.45. The van der Waals surface area contributed by atoms with Crippen LogP contribution in [0.2, 0.25) is 0 Å². The lowest BCUT2D eigenvalue weighted by Crippen LogP contribution is -2.54. The van der Waals surface area contributed by atoms with Crippen LogP contribution in [0, 0.1) is 0 Å². The van der Waals surface area contributed by atoms with Crippen molar-refractivity contribution >= 4 is 12.0 Å². The van der Waals surface area contributed by atoms with Crippen molar-refractivity contribution in [1.82, 2.24) is 4.90 Å². The van der Waals surface area contributed by atoms with E-state index in [1.54, 1.807) is 6.08 Å². The number of esters is 1. The summed E-state index contributed by atoms with van der Waals surface area (Å²) in [6.45, 7) is 10.3. The van der Waals surface area contributed by atoms with Crippen molar-refractivity contribution in [3.05, 3.63) is 42.0 Å². The Labute approximate surface area is 134 Å². The van der Waals surface area contributed by atoms with Crippen LogP contribution in [0.25, 0.3) is 6.08 Å². The maximum Gasteiger partial charge on any atom is 0.310 e. The number of nitrogens with zero attached hydrogens (tertiary/aromatic N) is 1. The van der Waals surface area contributed by atoms with E-state index in [4.69, 9.17) is 4.74 Å². The Kier molecular flexibility index (Phi) is 5.07. The van der Waals surface area contributed by atoms with E-state index in [1.165, 1.54) is 0 Å². The second-order valence-corrected chi connectivity index (χ2v) is 6.95. The number of hydrogen-bond acceptors (Lipinski definition) is 3. The minimum absolute atomic E-state index is 0.0150. The number of carbonyl (C=O) groups excluding carboxylic acids is 1. The van der Waals surface area contributed by atoms with Crippen molar-refractivity contribution in [2.45, 2.75) is 57.7 Å². The number of likely N-dealkylation sites (tertiary alicyclic amines) is 1. The van der Waals surface area contributed by atoms with E-state index in [-0.39, 0.29) is 17.6 Å². The van der Waals surface area contributed by atoms with Gasteiger partial charge in [0, 0.05) is 18.0 Å². The predicted molar refractivity (Wildman–Crippen MR) is 90.7 cm³/mol. The molecule has 3 nitrogen and oxygen atoms in total. The zero-order chi connectivity index (χ0) is 16.3. The van der Waals surface area contributed by atoms with Gasteiger partial charge in [-0.1, -0.05) is 36.9 Å². The Hall–Kier alpha value is -1.61. The van der Waals surface area contributed by atoms with Crippen LogP contribution >= 0.6 is 0 Å². The van der Waals surface area contributed by atoms with Gasteiger partial charge in [-0.05, 0) is 45.4 Å². The second kappa shape index (κ2) is 6.66. The lowest BCUT2D eigenvalue weighted by atomic mass is 9.85. The maximum absolute atomic E-state index is 12.2. The molecular formula is C19H27NO2. The predicted octanol–water partition coefficient (Wildman–Crippen LogP) is 3.68. The summed E-state index contributed by atoms with van der Waals surface area (Å²) in [5.74, 6) is -0.135. The van der Waals surface area contributed by atoms with Gasteiger partial charge in [0.15, 0.2) is 0 Å². The Morgan fingerprint density at radius 2 is 2.05 bits per heavy atom. The van der Waals surface area contributed by atoms with E-state index in [0.717, 1.165) is 24.0 Å². The van der Waals surface area contributed by atoms with Gasteiger partial charge in [-0.2, -0.15) is 0 Å². The van der Waals surface area contributed by atoms with Crippen molar-refractivity contribution in [2.75, 3.05) is 7.05 Å². The van der Waals surface area contributed by atoms with Gasteiger partial charge in [-0.3, -0.25) is 9.69 Å². The summed E-state index contributed by atoms with van der Waals surface area (Å²) in [5, 5.41) is 0. The molecule has 22 heavy (non-hydrogen) atoms. The van der Waals surface area contributed by atoms with Gasteiger partial charge < -0.3 is 4.74 Å². The fraction of sp³-hybridized carbons (Fsp3) is 0.526. The fourth-order valence-electron chi connectivity index (χ4n) is 3.18. The fourth-order valence-corrected chi connectivity index (χ4v) is 3.18. The molecule has 1 aromatic carbocycles. The van der Waals surface area contributed by atoms with Gasteiger partial charge in [0.05, 0.1) is 6.42 Å². The summed E-state index contributed by atoms with van der Waals surface area (Å²) >= 11 is 0. The SMILES string of the molecule is C=Cc1ccc(CC(=O)OC2CC(C)N(C)C(C)(C)C2)cc1. The number of hydrogen-bond donors (Lipinski definition) is 0. The van der Waals surface area contributed by atoms with Crippen LogP contribution in [-0.2, 0) is 16.0 Å². The highest BCUT2D eigenvalue weighted by molar-refractivity contribution is 5.73. The average molecular weight is 301 g/mol. The zero-order valence-electron chi connectivity index (χ0n) is 14.1. The van der Waals surface area contributed by atoms with Crippen LogP contribution in [0.4, 0.5) is 0 Å². The summed E-state index contributed by atoms with van der Waals surface area (Å²) in [5.41, 5.74) is 2.10. The largest absolute Gasteiger partial charge is 0.462 e. The molecule has 0 radical (unpaired) electrons. The highest BCUT2D eigenvalue weighted by Crippen LogP contribution is 2.31. The third-order valence-electron chi connectivity index (χ3n) is 4.81. The summed E-state index contributed by atoms with van der Waals surface area (Å²) in [7, 11) is 2.14. The summed E-state index contributed by atoms with van der Waals surface area (Å²) in [6, 6.07) is 8.28. The molecule has 0 aliphatic carbocycles. The normalized spacial score (nSPS) is 24.7. The van der Waals surface area contributed by atoms with Crippen LogP contribution in [-0.4, -0.2) is 35.6 Å². The quantitative estimate of drug-likeness (QED) is 0.795. The maximum atomic E-state index is 12.2. The first kappa shape index (κ1) is 16.8. The molecule has 0 spiro atoms. The third kappa shape index (κ3) is 3.98. The van der Waals surface area contributed by atoms with Crippen LogP contribution in [0.1, 0.15) is 44.7 Å². The molecule has 0 amide bonds. The minimum Gasteiger partial charge on any atom is -0.462 e. The molecule has 1 aromatic rings. The van der Waals surface area contributed by atoms with Crippen molar-refractivity contribution in [3.8, 4) is 0 Å². The Bertz CT molecular complexity index is 533. The molecule has 0 saturated carbocycles. The summed E-state index contributed by atoms with van der Waals surface area (Å²) in [4.78, 5) is 14.5. The van der Waals surface area contributed by atoms with Crippen LogP contribution in [0.15, 0.2) is 30.8 Å². The molecule has 2 rings (SSSR count). The molecule has 1 aliphatic heterocycles. The lowest BCUT2D eigenvalue weighted by Gasteiger charge is -2.47. The van der Waals surface area contributed by atoms with Gasteiger partial charge in [-0.15, -0.1) is 0 Å². The molecule has 0 N–H and O–H groups in total.